The number of amides is 9. The van der Waals surface area contributed by atoms with E-state index in [1.165, 1.54) is 28.9 Å². The molecule has 9 amide bonds. The van der Waals surface area contributed by atoms with E-state index in [0.29, 0.717) is 104 Å². The van der Waals surface area contributed by atoms with Gasteiger partial charge in [0.25, 0.3) is 35.4 Å². The van der Waals surface area contributed by atoms with Gasteiger partial charge >= 0.3 is 17.9 Å². The fraction of sp³-hybridized carbons (Fsp3) is 0.541. The van der Waals surface area contributed by atoms with Crippen LogP contribution < -0.4 is 48.2 Å². The molecule has 704 valence electrons. The maximum absolute atomic E-state index is 16.0. The molecule has 3 aromatic heterocycles. The number of hydrazine groups is 3. The van der Waals surface area contributed by atoms with E-state index < -0.39 is 190 Å². The summed E-state index contributed by atoms with van der Waals surface area (Å²) in [5, 5.41) is 46.0. The van der Waals surface area contributed by atoms with Crippen LogP contribution >= 0.6 is 0 Å². The molecule has 10 heterocycles. The highest BCUT2D eigenvalue weighted by molar-refractivity contribution is 5.97. The van der Waals surface area contributed by atoms with E-state index in [0.717, 1.165) is 5.39 Å². The zero-order valence-corrected chi connectivity index (χ0v) is 76.8. The Morgan fingerprint density at radius 3 is 1.52 bits per heavy atom. The van der Waals surface area contributed by atoms with Crippen molar-refractivity contribution in [2.24, 2.45) is 28.6 Å². The molecule has 15 rings (SSSR count). The molecule has 2 aliphatic carbocycles. The average molecular weight is 1820 g/mol. The monoisotopic (exact) mass is 1810 g/mol. The molecule has 132 heavy (non-hydrogen) atoms. The second-order valence-electron chi connectivity index (χ2n) is 38.4. The maximum Gasteiger partial charge on any atom is 0.345 e. The van der Waals surface area contributed by atoms with Crippen molar-refractivity contribution in [3.8, 4) is 0 Å². The lowest BCUT2D eigenvalue weighted by atomic mass is 9.72. The number of carbonyl (C=O) groups excluding carboxylic acids is 12. The molecule has 4 saturated heterocycles. The Bertz CT molecular complexity index is 5560. The van der Waals surface area contributed by atoms with E-state index in [4.69, 9.17) is 38.6 Å². The van der Waals surface area contributed by atoms with Gasteiger partial charge in [0.05, 0.1) is 94.6 Å². The van der Waals surface area contributed by atoms with Crippen molar-refractivity contribution in [3.05, 3.63) is 142 Å². The highest BCUT2D eigenvalue weighted by Crippen LogP contribution is 2.44. The first-order valence-corrected chi connectivity index (χ1v) is 46.6. The molecule has 2 saturated carbocycles. The van der Waals surface area contributed by atoms with Crippen LogP contribution in [0.5, 0.6) is 0 Å². The average Bonchev–Trinajstić information content (AvgIpc) is 0.837. The molecule has 3 spiro atoms. The van der Waals surface area contributed by atoms with Gasteiger partial charge in [-0.2, -0.15) is 0 Å². The number of ether oxygens (including phenoxy) is 5. The molecular weight excluding hydrogens is 1690 g/mol. The fourth-order valence-corrected chi connectivity index (χ4v) is 19.3. The normalized spacial score (nSPS) is 31.8. The van der Waals surface area contributed by atoms with Crippen LogP contribution in [-0.2, 0) is 94.1 Å². The van der Waals surface area contributed by atoms with E-state index in [2.05, 4.69) is 48.2 Å². The number of aliphatic hydroxyl groups is 2. The Morgan fingerprint density at radius 2 is 0.917 bits per heavy atom. The number of hydrogen-bond donors (Lipinski definition) is 11. The van der Waals surface area contributed by atoms with Gasteiger partial charge in [-0.1, -0.05) is 107 Å². The quantitative estimate of drug-likeness (QED) is 0.0560. The third kappa shape index (κ3) is 20.8. The summed E-state index contributed by atoms with van der Waals surface area (Å²) in [6.07, 6.45) is 7.22. The van der Waals surface area contributed by atoms with Gasteiger partial charge in [-0.3, -0.25) is 82.7 Å². The standard InChI is InChI=1S/C98H123N15O19/c1-53(2)80-85(118)101-59(9)88(121)111-40-12-15-73(108-111)83(116)100-57(7)72-24-22-70-65(46-63(49-78(70)105-72)26-34-97(92(125)130-80)37-30-68(115)31-38-97)45-55(5)82-87(120)102-60(10)89(122)113-42-14-32-95(11,110-113)91(124)103-58(8)75-50-66(69-21-18-62(48-77(69)106-75)25-33-96(93(126)132-82)35-28-67(114)29-36-96)51-79-90(123)112-41-13-16-74(109-112)84(117)99-56(6)71-23-20-64-19-17-61(47-76(64)104-71)27-39-98(52-128-43-44-129-98)94(127)131-81(54(3)4)86(119)107-79/h17-27,33-34,39,46-50,53-60,67-68,73-74,79-82,108-110,114-115H,12-16,28-32,35-38,40-45,51-52H2,1-11H3,(H,99,117)(H,100,116)(H,101,118)(H,102,120)(H,103,124)(H,107,119)/b33-25+,34-26?,39-27+/t55?,56-,57-,58-,59+,60+,67?,68?,73+,74+,79+,80-,81+,82+,95?,96?,97?,98?/m1/s1. The Hall–Kier alpha value is -11.5. The first-order valence-electron chi connectivity index (χ1n) is 46.6. The van der Waals surface area contributed by atoms with Crippen LogP contribution in [0.15, 0.2) is 97.1 Å². The van der Waals surface area contributed by atoms with Crippen molar-refractivity contribution < 1.29 is 91.4 Å². The third-order valence-electron chi connectivity index (χ3n) is 27.5. The lowest BCUT2D eigenvalue weighted by molar-refractivity contribution is -0.195. The predicted molar refractivity (Wildman–Crippen MR) is 487 cm³/mol. The molecule has 9 aliphatic rings. The number of rotatable bonds is 7. The smallest absolute Gasteiger partial charge is 0.345 e. The van der Waals surface area contributed by atoms with Gasteiger partial charge in [0.2, 0.25) is 23.3 Å². The summed E-state index contributed by atoms with van der Waals surface area (Å²) in [6.45, 7) is 19.0. The predicted octanol–water partition coefficient (Wildman–Crippen LogP) is 7.11. The Labute approximate surface area is 766 Å². The summed E-state index contributed by atoms with van der Waals surface area (Å²) < 4.78 is 31.3. The second-order valence-corrected chi connectivity index (χ2v) is 38.4. The van der Waals surface area contributed by atoms with E-state index in [1.54, 1.807) is 122 Å². The number of nitrogens with zero attached hydrogens (tertiary/aromatic N) is 6. The van der Waals surface area contributed by atoms with Gasteiger partial charge in [0.15, 0.2) is 18.3 Å². The molecular formula is C98H123N15O19. The first-order chi connectivity index (χ1) is 63.0. The number of esters is 3. The zero-order valence-electron chi connectivity index (χ0n) is 76.8. The van der Waals surface area contributed by atoms with E-state index in [-0.39, 0.29) is 110 Å². The summed E-state index contributed by atoms with van der Waals surface area (Å²) in [7, 11) is 0. The summed E-state index contributed by atoms with van der Waals surface area (Å²) >= 11 is 0. The van der Waals surface area contributed by atoms with Gasteiger partial charge in [-0.15, -0.1) is 0 Å². The number of nitrogens with one attached hydrogen (secondary N) is 9. The molecule has 3 unspecified atom stereocenters. The SMILES string of the molecule is CC(C)[C@@H]1OC(=O)C2(/C=C/c3ccc4ccc(nc4c3)[C@@H](C)NC(=O)[C@@H]3CCCN(N3)C(=O)[C@H](Cc3cc4nc5cc(ccc35)/C=C/C3(CCC(O)CC3)C(=O)O[C@@H](C(C)Cc3cc5cc6nc(ccc36)[C@@H](C)NC(=O)[C@@H]3CCCN(N3)C(=O)[C@H](C)NC(=O)[C@@H](C(C)C)OC(=O)C3(C=C5)CCC(O)CC3)C(=O)N[C@@H](C)C(=O)N3CCCC(C)(N3)C(=O)N[C@@H]4C)NC1=O)COCCO2. The first kappa shape index (κ1) is 95.1. The van der Waals surface area contributed by atoms with Crippen LogP contribution in [0.25, 0.3) is 50.9 Å². The molecule has 15 bridgehead atoms. The summed E-state index contributed by atoms with van der Waals surface area (Å²) in [5.74, 6) is -10.0. The van der Waals surface area contributed by atoms with Gasteiger partial charge in [-0.05, 0) is 220 Å². The molecule has 11 N–H and O–H groups in total. The number of fused-ring (bicyclic) bond motifs is 12. The Balaban J connectivity index is 0.792. The van der Waals surface area contributed by atoms with Crippen molar-refractivity contribution in [2.45, 2.75) is 269 Å². The summed E-state index contributed by atoms with van der Waals surface area (Å²) in [4.78, 5) is 195. The molecule has 34 nitrogen and oxygen atoms in total. The lowest BCUT2D eigenvalue weighted by Gasteiger charge is -2.41. The lowest BCUT2D eigenvalue weighted by Crippen LogP contribution is -2.67. The number of benzene rings is 3. The summed E-state index contributed by atoms with van der Waals surface area (Å²) in [6, 6.07) is 15.9. The maximum atomic E-state index is 16.0. The molecule has 3 aromatic carbocycles. The molecule has 34 heteroatoms. The van der Waals surface area contributed by atoms with Crippen molar-refractivity contribution >= 4 is 122 Å². The Kier molecular flexibility index (Phi) is 28.6. The minimum atomic E-state index is -1.81. The highest BCUT2D eigenvalue weighted by Gasteiger charge is 2.50. The van der Waals surface area contributed by atoms with E-state index in [1.807, 2.05) is 55.5 Å². The van der Waals surface area contributed by atoms with Crippen LogP contribution in [0.4, 0.5) is 0 Å². The van der Waals surface area contributed by atoms with Crippen LogP contribution in [-0.4, -0.2) is 223 Å². The number of aliphatic hydroxyl groups excluding tert-OH is 2. The minimum Gasteiger partial charge on any atom is -0.451 e. The van der Waals surface area contributed by atoms with Gasteiger partial charge in [0, 0.05) is 48.1 Å². The number of pyridine rings is 3. The number of hydrogen-bond acceptors (Lipinski definition) is 25. The van der Waals surface area contributed by atoms with Gasteiger partial charge in [-0.25, -0.2) is 21.1 Å². The van der Waals surface area contributed by atoms with Crippen molar-refractivity contribution in [2.75, 3.05) is 39.5 Å². The number of carbonyl (C=O) groups is 12. The van der Waals surface area contributed by atoms with Gasteiger partial charge in [0.1, 0.15) is 35.7 Å². The van der Waals surface area contributed by atoms with Crippen molar-refractivity contribution in [1.82, 2.24) is 78.2 Å². The largest absolute Gasteiger partial charge is 0.451 e. The Morgan fingerprint density at radius 1 is 0.447 bits per heavy atom. The van der Waals surface area contributed by atoms with Crippen LogP contribution in [0, 0.1) is 28.6 Å². The van der Waals surface area contributed by atoms with Crippen LogP contribution in [0.3, 0.4) is 0 Å². The second kappa shape index (κ2) is 39.7. The fourth-order valence-electron chi connectivity index (χ4n) is 19.3. The molecule has 7 aliphatic heterocycles. The minimum absolute atomic E-state index is 0.000366. The number of aromatic nitrogens is 3. The molecule has 6 aromatic rings. The molecule has 6 fully saturated rings. The topological polar surface area (TPSA) is 448 Å². The zero-order chi connectivity index (χ0) is 94.0. The third-order valence-corrected chi connectivity index (χ3v) is 27.5. The summed E-state index contributed by atoms with van der Waals surface area (Å²) in [5.41, 5.74) is 8.79. The van der Waals surface area contributed by atoms with Crippen LogP contribution in [0.2, 0.25) is 0 Å². The van der Waals surface area contributed by atoms with Crippen molar-refractivity contribution in [1.29, 1.82) is 0 Å². The van der Waals surface area contributed by atoms with Gasteiger partial charge < -0.3 is 65.8 Å². The van der Waals surface area contributed by atoms with E-state index >= 15 is 33.6 Å². The number of cyclic esters (lactones) is 3. The highest BCUT2D eigenvalue weighted by atomic mass is 16.6. The van der Waals surface area contributed by atoms with E-state index in [9.17, 15) is 34.2 Å². The molecule has 0 radical (unpaired) electrons. The molecule has 14 atom stereocenters. The van der Waals surface area contributed by atoms with Crippen LogP contribution in [0.1, 0.15) is 229 Å². The van der Waals surface area contributed by atoms with Crippen molar-refractivity contribution in [3.63, 3.8) is 0 Å².